The van der Waals surface area contributed by atoms with Gasteiger partial charge in [-0.2, -0.15) is 0 Å². The molecule has 3 heterocycles. The monoisotopic (exact) mass is 452 g/mol. The van der Waals surface area contributed by atoms with Crippen molar-refractivity contribution in [2.45, 2.75) is 38.5 Å². The Balaban J connectivity index is 1.28. The number of morpholine rings is 1. The average molecular weight is 453 g/mol. The summed E-state index contributed by atoms with van der Waals surface area (Å²) in [6.07, 6.45) is -4.35. The fourth-order valence-electron chi connectivity index (χ4n) is 4.28. The molecule has 3 aliphatic rings. The summed E-state index contributed by atoms with van der Waals surface area (Å²) in [7, 11) is 0. The summed E-state index contributed by atoms with van der Waals surface area (Å²) < 4.78 is 35.7. The maximum absolute atomic E-state index is 13.1. The lowest BCUT2D eigenvalue weighted by Crippen LogP contribution is -2.52. The van der Waals surface area contributed by atoms with E-state index in [9.17, 15) is 14.4 Å². The smallest absolute Gasteiger partial charge is 0.255 e. The Morgan fingerprint density at radius 3 is 2.61 bits per heavy atom. The van der Waals surface area contributed by atoms with Crippen molar-refractivity contribution in [3.63, 3.8) is 0 Å². The minimum atomic E-state index is -2.53. The number of rotatable bonds is 6. The van der Waals surface area contributed by atoms with Gasteiger partial charge in [0, 0.05) is 41.3 Å². The van der Waals surface area contributed by atoms with E-state index in [1.165, 1.54) is 5.56 Å². The van der Waals surface area contributed by atoms with Crippen LogP contribution in [0.5, 0.6) is 5.75 Å². The first kappa shape index (κ1) is 18.2. The van der Waals surface area contributed by atoms with Crippen LogP contribution in [0, 0.1) is 0 Å². The van der Waals surface area contributed by atoms with Crippen molar-refractivity contribution < 1.29 is 28.0 Å². The van der Waals surface area contributed by atoms with Crippen molar-refractivity contribution in [2.24, 2.45) is 0 Å². The van der Waals surface area contributed by atoms with E-state index in [0.29, 0.717) is 16.9 Å². The van der Waals surface area contributed by atoms with Crippen LogP contribution in [0.3, 0.4) is 0 Å². The molecular formula is C25H27N3O5. The van der Waals surface area contributed by atoms with Crippen LogP contribution in [0.15, 0.2) is 42.5 Å². The van der Waals surface area contributed by atoms with E-state index in [0.717, 1.165) is 43.3 Å². The summed E-state index contributed by atoms with van der Waals surface area (Å²) in [4.78, 5) is 40.8. The van der Waals surface area contributed by atoms with Gasteiger partial charge >= 0.3 is 0 Å². The van der Waals surface area contributed by atoms with Crippen LogP contribution < -0.4 is 10.1 Å². The molecule has 0 aliphatic carbocycles. The van der Waals surface area contributed by atoms with Crippen molar-refractivity contribution in [2.75, 3.05) is 26.3 Å². The molecule has 2 aromatic rings. The van der Waals surface area contributed by atoms with Gasteiger partial charge in [-0.25, -0.2) is 0 Å². The zero-order valence-corrected chi connectivity index (χ0v) is 18.1. The Kier molecular flexibility index (Phi) is 5.15. The molecule has 5 rings (SSSR count). The molecule has 8 heteroatoms. The van der Waals surface area contributed by atoms with E-state index in [1.807, 2.05) is 17.4 Å². The van der Waals surface area contributed by atoms with E-state index in [4.69, 9.17) is 13.6 Å². The van der Waals surface area contributed by atoms with E-state index >= 15 is 0 Å². The first-order valence-corrected chi connectivity index (χ1v) is 11.0. The van der Waals surface area contributed by atoms with Gasteiger partial charge in [0.2, 0.25) is 11.8 Å². The van der Waals surface area contributed by atoms with Crippen molar-refractivity contribution in [3.05, 3.63) is 64.7 Å². The first-order chi connectivity index (χ1) is 17.3. The molecule has 3 aliphatic heterocycles. The molecule has 172 valence electrons. The maximum Gasteiger partial charge on any atom is 0.255 e. The van der Waals surface area contributed by atoms with Gasteiger partial charge < -0.3 is 14.4 Å². The van der Waals surface area contributed by atoms with Gasteiger partial charge in [0.1, 0.15) is 18.4 Å². The van der Waals surface area contributed by atoms with Gasteiger partial charge in [-0.3, -0.25) is 24.6 Å². The second-order valence-corrected chi connectivity index (χ2v) is 8.28. The van der Waals surface area contributed by atoms with E-state index in [-0.39, 0.29) is 13.2 Å². The molecule has 2 atom stereocenters. The highest BCUT2D eigenvalue weighted by Gasteiger charge is 2.40. The summed E-state index contributed by atoms with van der Waals surface area (Å²) in [5.41, 5.74) is 3.02. The number of piperidine rings is 1. The summed E-state index contributed by atoms with van der Waals surface area (Å²) in [6, 6.07) is 11.6. The number of amides is 3. The molecule has 8 nitrogen and oxygen atoms in total. The van der Waals surface area contributed by atoms with Crippen LogP contribution in [0.1, 0.15) is 43.9 Å². The van der Waals surface area contributed by atoms with Gasteiger partial charge in [0.05, 0.1) is 19.8 Å². The lowest BCUT2D eigenvalue weighted by molar-refractivity contribution is -0.136. The van der Waals surface area contributed by atoms with Gasteiger partial charge in [-0.05, 0) is 29.6 Å². The van der Waals surface area contributed by atoms with Gasteiger partial charge in [0.15, 0.2) is 0 Å². The second kappa shape index (κ2) is 9.33. The number of carbonyl (C=O) groups is 3. The lowest BCUT2D eigenvalue weighted by atomic mass is 10.0. The molecule has 3 amide bonds. The SMILES string of the molecule is [2H]C1C(=O)NC(=O)C(N2Cc3c(OCc4ccc(CN5CCOCC5)cc4)cccc3C2=O)C1([2H])[2H]. The normalized spacial score (nSPS) is 26.2. The Bertz CT molecular complexity index is 1180. The number of carbonyl (C=O) groups excluding carboxylic acids is 3. The minimum Gasteiger partial charge on any atom is -0.489 e. The third-order valence-electron chi connectivity index (χ3n) is 6.06. The third kappa shape index (κ3) is 4.62. The quantitative estimate of drug-likeness (QED) is 0.674. The zero-order valence-electron chi connectivity index (χ0n) is 21.1. The standard InChI is InChI=1S/C25H27N3O5/c29-23-9-8-21(24(30)26-23)28-15-20-19(25(28)31)2-1-3-22(20)33-16-18-6-4-17(5-7-18)14-27-10-12-32-13-11-27/h1-7,21H,8-16H2,(H,26,29,30)/i8D2,9D. The molecule has 2 aromatic carbocycles. The van der Waals surface area contributed by atoms with Crippen LogP contribution in [0.25, 0.3) is 0 Å². The van der Waals surface area contributed by atoms with Crippen LogP contribution in [0.4, 0.5) is 0 Å². The van der Waals surface area contributed by atoms with Gasteiger partial charge in [-0.15, -0.1) is 0 Å². The maximum atomic E-state index is 13.1. The van der Waals surface area contributed by atoms with Crippen LogP contribution in [-0.2, 0) is 34.0 Å². The molecule has 0 radical (unpaired) electrons. The van der Waals surface area contributed by atoms with Crippen LogP contribution in [-0.4, -0.2) is 59.9 Å². The number of hydrogen-bond acceptors (Lipinski definition) is 6. The Morgan fingerprint density at radius 2 is 1.82 bits per heavy atom. The highest BCUT2D eigenvalue weighted by atomic mass is 16.5. The summed E-state index contributed by atoms with van der Waals surface area (Å²) >= 11 is 0. The molecule has 0 aromatic heterocycles. The Hall–Kier alpha value is -3.23. The van der Waals surface area contributed by atoms with Crippen molar-refractivity contribution >= 4 is 17.7 Å². The van der Waals surface area contributed by atoms with E-state index < -0.39 is 36.5 Å². The largest absolute Gasteiger partial charge is 0.489 e. The second-order valence-electron chi connectivity index (χ2n) is 8.28. The number of ether oxygens (including phenoxy) is 2. The highest BCUT2D eigenvalue weighted by molar-refractivity contribution is 6.05. The molecule has 2 saturated heterocycles. The predicted octanol–water partition coefficient (Wildman–Crippen LogP) is 1.86. The fourth-order valence-corrected chi connectivity index (χ4v) is 4.28. The fraction of sp³-hybridized carbons (Fsp3) is 0.400. The molecule has 2 unspecified atom stereocenters. The Labute approximate surface area is 196 Å². The van der Waals surface area contributed by atoms with Crippen molar-refractivity contribution in [1.82, 2.24) is 15.1 Å². The summed E-state index contributed by atoms with van der Waals surface area (Å²) in [5.74, 6) is -2.00. The number of imide groups is 1. The van der Waals surface area contributed by atoms with Crippen LogP contribution >= 0.6 is 0 Å². The molecule has 33 heavy (non-hydrogen) atoms. The average Bonchev–Trinajstić information content (AvgIpc) is 3.19. The zero-order chi connectivity index (χ0) is 25.4. The van der Waals surface area contributed by atoms with E-state index in [2.05, 4.69) is 17.0 Å². The van der Waals surface area contributed by atoms with Crippen LogP contribution in [0.2, 0.25) is 0 Å². The molecule has 1 N–H and O–H groups in total. The summed E-state index contributed by atoms with van der Waals surface area (Å²) in [6.45, 7) is 4.43. The predicted molar refractivity (Wildman–Crippen MR) is 119 cm³/mol. The molecule has 0 bridgehead atoms. The Morgan fingerprint density at radius 1 is 1.06 bits per heavy atom. The molecule has 2 fully saturated rings. The van der Waals surface area contributed by atoms with Crippen molar-refractivity contribution in [3.8, 4) is 5.75 Å². The minimum absolute atomic E-state index is 0.0542. The van der Waals surface area contributed by atoms with Crippen molar-refractivity contribution in [1.29, 1.82) is 0 Å². The number of nitrogens with one attached hydrogen (secondary N) is 1. The van der Waals surface area contributed by atoms with Gasteiger partial charge in [0.25, 0.3) is 5.91 Å². The highest BCUT2D eigenvalue weighted by Crippen LogP contribution is 2.34. The summed E-state index contributed by atoms with van der Waals surface area (Å²) in [5, 5.41) is 2.01. The number of fused-ring (bicyclic) bond motifs is 1. The van der Waals surface area contributed by atoms with Gasteiger partial charge in [-0.1, -0.05) is 30.3 Å². The number of hydrogen-bond donors (Lipinski definition) is 1. The number of benzene rings is 2. The molecule has 0 spiro atoms. The van der Waals surface area contributed by atoms with E-state index in [1.54, 1.807) is 18.2 Å². The molecular weight excluding hydrogens is 422 g/mol. The topological polar surface area (TPSA) is 88.2 Å². The molecule has 0 saturated carbocycles. The lowest BCUT2D eigenvalue weighted by Gasteiger charge is -2.29. The number of nitrogens with zero attached hydrogens (tertiary/aromatic N) is 2. The first-order valence-electron chi connectivity index (χ1n) is 12.5. The third-order valence-corrected chi connectivity index (χ3v) is 6.06.